The minimum atomic E-state index is -0.542. The summed E-state index contributed by atoms with van der Waals surface area (Å²) in [5.74, 6) is 1.53. The number of carbonyl (C=O) groups is 1. The van der Waals surface area contributed by atoms with E-state index in [1.807, 2.05) is 6.07 Å². The van der Waals surface area contributed by atoms with E-state index in [0.717, 1.165) is 0 Å². The van der Waals surface area contributed by atoms with Crippen molar-refractivity contribution in [3.63, 3.8) is 0 Å². The first-order valence-electron chi connectivity index (χ1n) is 7.93. The highest BCUT2D eigenvalue weighted by atomic mass is 16.5. The Bertz CT molecular complexity index is 900. The summed E-state index contributed by atoms with van der Waals surface area (Å²) in [7, 11) is 6.07. The number of anilines is 1. The number of hydrogen-bond donors (Lipinski definition) is 1. The molecule has 2 aromatic rings. The van der Waals surface area contributed by atoms with Crippen molar-refractivity contribution in [3.05, 3.63) is 47.5 Å². The standard InChI is InChI=1S/C20H20N2O5/c1-24-16-7-5-13(10-18(16)26-3)9-14(12-21)20(23)22-15-6-8-17(25-2)19(11-15)27-4/h5-11H,1-4H3,(H,22,23)/b14-9+. The van der Waals surface area contributed by atoms with Crippen LogP contribution in [-0.2, 0) is 4.79 Å². The van der Waals surface area contributed by atoms with Crippen molar-refractivity contribution in [2.24, 2.45) is 0 Å². The molecule has 0 saturated carbocycles. The molecule has 2 rings (SSSR count). The topological polar surface area (TPSA) is 89.8 Å². The Labute approximate surface area is 157 Å². The predicted octanol–water partition coefficient (Wildman–Crippen LogP) is 3.27. The summed E-state index contributed by atoms with van der Waals surface area (Å²) in [6, 6.07) is 12.0. The van der Waals surface area contributed by atoms with Crippen molar-refractivity contribution >= 4 is 17.7 Å². The number of rotatable bonds is 7. The van der Waals surface area contributed by atoms with Gasteiger partial charge in [-0.15, -0.1) is 0 Å². The normalized spacial score (nSPS) is 10.6. The van der Waals surface area contributed by atoms with Crippen LogP contribution in [0.25, 0.3) is 6.08 Å². The van der Waals surface area contributed by atoms with Gasteiger partial charge in [0.05, 0.1) is 28.4 Å². The van der Waals surface area contributed by atoms with Gasteiger partial charge in [-0.1, -0.05) is 6.07 Å². The van der Waals surface area contributed by atoms with Gasteiger partial charge < -0.3 is 24.3 Å². The van der Waals surface area contributed by atoms with Crippen LogP contribution in [0, 0.1) is 11.3 Å². The number of nitrogens with one attached hydrogen (secondary N) is 1. The molecule has 1 N–H and O–H groups in total. The lowest BCUT2D eigenvalue weighted by atomic mass is 10.1. The van der Waals surface area contributed by atoms with Gasteiger partial charge in [-0.3, -0.25) is 4.79 Å². The van der Waals surface area contributed by atoms with E-state index in [4.69, 9.17) is 18.9 Å². The Morgan fingerprint density at radius 2 is 1.44 bits per heavy atom. The van der Waals surface area contributed by atoms with Crippen LogP contribution in [-0.4, -0.2) is 34.3 Å². The molecule has 7 nitrogen and oxygen atoms in total. The fraction of sp³-hybridized carbons (Fsp3) is 0.200. The van der Waals surface area contributed by atoms with Crippen LogP contribution in [0.3, 0.4) is 0 Å². The van der Waals surface area contributed by atoms with Gasteiger partial charge in [0, 0.05) is 11.8 Å². The fourth-order valence-electron chi connectivity index (χ4n) is 2.37. The molecular formula is C20H20N2O5. The zero-order valence-corrected chi connectivity index (χ0v) is 15.5. The first-order valence-corrected chi connectivity index (χ1v) is 7.93. The van der Waals surface area contributed by atoms with Gasteiger partial charge in [0.2, 0.25) is 0 Å². The van der Waals surface area contributed by atoms with E-state index < -0.39 is 5.91 Å². The summed E-state index contributed by atoms with van der Waals surface area (Å²) in [4.78, 5) is 12.4. The molecule has 27 heavy (non-hydrogen) atoms. The number of ether oxygens (including phenoxy) is 4. The van der Waals surface area contributed by atoms with Crippen LogP contribution < -0.4 is 24.3 Å². The molecule has 7 heteroatoms. The molecule has 0 atom stereocenters. The molecule has 0 aliphatic rings. The van der Waals surface area contributed by atoms with Gasteiger partial charge in [-0.25, -0.2) is 0 Å². The van der Waals surface area contributed by atoms with Crippen LogP contribution in [0.5, 0.6) is 23.0 Å². The lowest BCUT2D eigenvalue weighted by molar-refractivity contribution is -0.112. The average Bonchev–Trinajstić information content (AvgIpc) is 2.71. The Hall–Kier alpha value is -3.66. The Balaban J connectivity index is 2.26. The van der Waals surface area contributed by atoms with Crippen LogP contribution in [0.15, 0.2) is 42.0 Å². The number of methoxy groups -OCH3 is 4. The van der Waals surface area contributed by atoms with Gasteiger partial charge in [0.15, 0.2) is 23.0 Å². The van der Waals surface area contributed by atoms with Crippen molar-refractivity contribution in [2.45, 2.75) is 0 Å². The van der Waals surface area contributed by atoms with Gasteiger partial charge >= 0.3 is 0 Å². The van der Waals surface area contributed by atoms with Crippen LogP contribution in [0.2, 0.25) is 0 Å². The van der Waals surface area contributed by atoms with Crippen molar-refractivity contribution in [1.29, 1.82) is 5.26 Å². The van der Waals surface area contributed by atoms with Crippen molar-refractivity contribution < 1.29 is 23.7 Å². The Morgan fingerprint density at radius 1 is 0.889 bits per heavy atom. The second-order valence-electron chi connectivity index (χ2n) is 5.31. The quantitative estimate of drug-likeness (QED) is 0.596. The number of amides is 1. The number of nitriles is 1. The molecule has 140 valence electrons. The lowest BCUT2D eigenvalue weighted by Crippen LogP contribution is -2.13. The predicted molar refractivity (Wildman–Crippen MR) is 101 cm³/mol. The van der Waals surface area contributed by atoms with Crippen molar-refractivity contribution in [3.8, 4) is 29.1 Å². The van der Waals surface area contributed by atoms with Crippen LogP contribution >= 0.6 is 0 Å². The van der Waals surface area contributed by atoms with E-state index >= 15 is 0 Å². The monoisotopic (exact) mass is 368 g/mol. The van der Waals surface area contributed by atoms with Crippen molar-refractivity contribution in [2.75, 3.05) is 33.8 Å². The smallest absolute Gasteiger partial charge is 0.266 e. The third-order valence-electron chi connectivity index (χ3n) is 3.73. The molecule has 0 heterocycles. The molecule has 0 spiro atoms. The number of benzene rings is 2. The third-order valence-corrected chi connectivity index (χ3v) is 3.73. The van der Waals surface area contributed by atoms with E-state index in [9.17, 15) is 10.1 Å². The summed E-state index contributed by atoms with van der Waals surface area (Å²) >= 11 is 0. The lowest BCUT2D eigenvalue weighted by Gasteiger charge is -2.10. The zero-order valence-electron chi connectivity index (χ0n) is 15.5. The second-order valence-corrected chi connectivity index (χ2v) is 5.31. The SMILES string of the molecule is COc1ccc(/C=C(\C#N)C(=O)Nc2ccc(OC)c(OC)c2)cc1OC. The highest BCUT2D eigenvalue weighted by Crippen LogP contribution is 2.30. The number of carbonyl (C=O) groups excluding carboxylic acids is 1. The summed E-state index contributed by atoms with van der Waals surface area (Å²) in [6.45, 7) is 0. The molecule has 0 aliphatic heterocycles. The summed E-state index contributed by atoms with van der Waals surface area (Å²) in [6.07, 6.45) is 1.47. The minimum absolute atomic E-state index is 0.0583. The van der Waals surface area contributed by atoms with E-state index in [0.29, 0.717) is 34.2 Å². The number of nitrogens with zero attached hydrogens (tertiary/aromatic N) is 1. The molecule has 0 unspecified atom stereocenters. The third kappa shape index (κ3) is 4.70. The molecule has 0 saturated heterocycles. The maximum Gasteiger partial charge on any atom is 0.266 e. The van der Waals surface area contributed by atoms with Crippen LogP contribution in [0.1, 0.15) is 5.56 Å². The molecule has 0 radical (unpaired) electrons. The summed E-state index contributed by atoms with van der Waals surface area (Å²) in [5, 5.41) is 12.0. The molecule has 0 aromatic heterocycles. The molecule has 0 aliphatic carbocycles. The highest BCUT2D eigenvalue weighted by Gasteiger charge is 2.12. The molecule has 0 fully saturated rings. The van der Waals surface area contributed by atoms with E-state index in [2.05, 4.69) is 5.32 Å². The van der Waals surface area contributed by atoms with Crippen LogP contribution in [0.4, 0.5) is 5.69 Å². The fourth-order valence-corrected chi connectivity index (χ4v) is 2.37. The molecule has 2 aromatic carbocycles. The molecule has 0 bridgehead atoms. The second kappa shape index (κ2) is 9.15. The summed E-state index contributed by atoms with van der Waals surface area (Å²) < 4.78 is 20.8. The number of hydrogen-bond acceptors (Lipinski definition) is 6. The summed E-state index contributed by atoms with van der Waals surface area (Å²) in [5.41, 5.74) is 1.05. The first kappa shape index (κ1) is 19.7. The maximum atomic E-state index is 12.4. The van der Waals surface area contributed by atoms with Crippen molar-refractivity contribution in [1.82, 2.24) is 0 Å². The largest absolute Gasteiger partial charge is 0.493 e. The van der Waals surface area contributed by atoms with Gasteiger partial charge in [-0.05, 0) is 35.9 Å². The first-order chi connectivity index (χ1) is 13.1. The molecular weight excluding hydrogens is 348 g/mol. The minimum Gasteiger partial charge on any atom is -0.493 e. The van der Waals surface area contributed by atoms with Gasteiger partial charge in [0.25, 0.3) is 5.91 Å². The average molecular weight is 368 g/mol. The van der Waals surface area contributed by atoms with Gasteiger partial charge in [-0.2, -0.15) is 5.26 Å². The van der Waals surface area contributed by atoms with E-state index in [1.165, 1.54) is 34.5 Å². The Morgan fingerprint density at radius 3 is 2.00 bits per heavy atom. The zero-order chi connectivity index (χ0) is 19.8. The van der Waals surface area contributed by atoms with E-state index in [-0.39, 0.29) is 5.57 Å². The maximum absolute atomic E-state index is 12.4. The van der Waals surface area contributed by atoms with Gasteiger partial charge in [0.1, 0.15) is 11.6 Å². The van der Waals surface area contributed by atoms with E-state index in [1.54, 1.807) is 36.4 Å². The highest BCUT2D eigenvalue weighted by molar-refractivity contribution is 6.09. The Kier molecular flexibility index (Phi) is 6.67. The molecule has 1 amide bonds.